The van der Waals surface area contributed by atoms with Crippen LogP contribution in [-0.2, 0) is 10.0 Å². The van der Waals surface area contributed by atoms with E-state index in [2.05, 4.69) is 12.2 Å². The molecule has 1 N–H and O–H groups in total. The number of amides is 1. The number of carbonyl (C=O) groups is 1. The second-order valence-electron chi connectivity index (χ2n) is 7.10. The maximum Gasteiger partial charge on any atom is 0.253 e. The number of rotatable bonds is 5. The molecular formula is C18H27ClN2O3S. The van der Waals surface area contributed by atoms with Crippen LogP contribution in [0.5, 0.6) is 0 Å². The fourth-order valence-electron chi connectivity index (χ4n) is 3.06. The highest BCUT2D eigenvalue weighted by Gasteiger charge is 2.27. The highest BCUT2D eigenvalue weighted by molar-refractivity contribution is 7.89. The molecule has 0 aromatic heterocycles. The third-order valence-corrected chi connectivity index (χ3v) is 7.37. The minimum atomic E-state index is -3.66. The third-order valence-electron chi connectivity index (χ3n) is 5.01. The topological polar surface area (TPSA) is 66.5 Å². The molecule has 1 amide bonds. The first-order chi connectivity index (χ1) is 11.6. The molecule has 1 aromatic carbocycles. The van der Waals surface area contributed by atoms with E-state index in [4.69, 9.17) is 11.6 Å². The van der Waals surface area contributed by atoms with Gasteiger partial charge in [0.15, 0.2) is 0 Å². The van der Waals surface area contributed by atoms with Crippen LogP contribution >= 0.6 is 11.6 Å². The zero-order valence-corrected chi connectivity index (χ0v) is 16.8. The molecule has 1 aliphatic carbocycles. The van der Waals surface area contributed by atoms with Gasteiger partial charge >= 0.3 is 0 Å². The van der Waals surface area contributed by atoms with Crippen LogP contribution in [0.15, 0.2) is 23.1 Å². The molecule has 2 atom stereocenters. The summed E-state index contributed by atoms with van der Waals surface area (Å²) >= 11 is 6.17. The van der Waals surface area contributed by atoms with E-state index >= 15 is 0 Å². The van der Waals surface area contributed by atoms with Gasteiger partial charge in [-0.25, -0.2) is 8.42 Å². The summed E-state index contributed by atoms with van der Waals surface area (Å²) in [6, 6.07) is 4.22. The SMILES string of the molecule is CC1CCCCC1NC(=O)c1cc(S(=O)(=O)N(C)C(C)C)ccc1Cl. The molecule has 2 unspecified atom stereocenters. The zero-order chi connectivity index (χ0) is 18.8. The molecule has 0 aliphatic heterocycles. The fourth-order valence-corrected chi connectivity index (χ4v) is 4.66. The summed E-state index contributed by atoms with van der Waals surface area (Å²) in [5.41, 5.74) is 0.206. The van der Waals surface area contributed by atoms with Crippen LogP contribution in [0.2, 0.25) is 5.02 Å². The number of nitrogens with one attached hydrogen (secondary N) is 1. The van der Waals surface area contributed by atoms with Crippen molar-refractivity contribution in [3.63, 3.8) is 0 Å². The molecule has 140 valence electrons. The van der Waals surface area contributed by atoms with Gasteiger partial charge in [-0.1, -0.05) is 31.4 Å². The molecule has 1 aromatic rings. The number of sulfonamides is 1. The molecule has 1 saturated carbocycles. The van der Waals surface area contributed by atoms with Gasteiger partial charge in [-0.05, 0) is 50.8 Å². The van der Waals surface area contributed by atoms with Crippen molar-refractivity contribution in [2.75, 3.05) is 7.05 Å². The summed E-state index contributed by atoms with van der Waals surface area (Å²) in [6.45, 7) is 5.72. The second-order valence-corrected chi connectivity index (χ2v) is 9.50. The standard InChI is InChI=1S/C18H27ClN2O3S/c1-12(2)21(4)25(23,24)14-9-10-16(19)15(11-14)18(22)20-17-8-6-5-7-13(17)3/h9-13,17H,5-8H2,1-4H3,(H,20,22). The van der Waals surface area contributed by atoms with Crippen LogP contribution in [0.3, 0.4) is 0 Å². The van der Waals surface area contributed by atoms with E-state index in [-0.39, 0.29) is 33.5 Å². The highest BCUT2D eigenvalue weighted by atomic mass is 35.5. The van der Waals surface area contributed by atoms with Crippen molar-refractivity contribution in [3.8, 4) is 0 Å². The van der Waals surface area contributed by atoms with E-state index in [1.807, 2.05) is 0 Å². The minimum absolute atomic E-state index is 0.0787. The first-order valence-electron chi connectivity index (χ1n) is 8.73. The molecule has 25 heavy (non-hydrogen) atoms. The third kappa shape index (κ3) is 4.54. The largest absolute Gasteiger partial charge is 0.349 e. The first-order valence-corrected chi connectivity index (χ1v) is 10.5. The summed E-state index contributed by atoms with van der Waals surface area (Å²) in [7, 11) is -2.13. The van der Waals surface area contributed by atoms with Crippen molar-refractivity contribution in [3.05, 3.63) is 28.8 Å². The Hall–Kier alpha value is -1.11. The van der Waals surface area contributed by atoms with Crippen molar-refractivity contribution >= 4 is 27.5 Å². The number of hydrogen-bond donors (Lipinski definition) is 1. The monoisotopic (exact) mass is 386 g/mol. The Bertz CT molecular complexity index is 734. The number of benzene rings is 1. The summed E-state index contributed by atoms with van der Waals surface area (Å²) in [4.78, 5) is 12.7. The van der Waals surface area contributed by atoms with Crippen molar-refractivity contribution < 1.29 is 13.2 Å². The van der Waals surface area contributed by atoms with Gasteiger partial charge in [-0.3, -0.25) is 4.79 Å². The maximum absolute atomic E-state index is 12.7. The van der Waals surface area contributed by atoms with Gasteiger partial charge in [0.05, 0.1) is 15.5 Å². The molecule has 0 radical (unpaired) electrons. The highest BCUT2D eigenvalue weighted by Crippen LogP contribution is 2.26. The molecule has 1 aliphatic rings. The van der Waals surface area contributed by atoms with Crippen LogP contribution in [0.25, 0.3) is 0 Å². The Morgan fingerprint density at radius 3 is 2.52 bits per heavy atom. The van der Waals surface area contributed by atoms with Crippen LogP contribution in [-0.4, -0.2) is 37.8 Å². The fraction of sp³-hybridized carbons (Fsp3) is 0.611. The predicted molar refractivity (Wildman–Crippen MR) is 100 cm³/mol. The van der Waals surface area contributed by atoms with Crippen LogP contribution in [0.4, 0.5) is 0 Å². The quantitative estimate of drug-likeness (QED) is 0.839. The normalized spacial score (nSPS) is 21.6. The lowest BCUT2D eigenvalue weighted by Crippen LogP contribution is -2.41. The Labute approximate surface area is 155 Å². The average Bonchev–Trinajstić information content (AvgIpc) is 2.56. The van der Waals surface area contributed by atoms with Gasteiger partial charge in [-0.15, -0.1) is 0 Å². The van der Waals surface area contributed by atoms with Gasteiger partial charge in [0.25, 0.3) is 5.91 Å². The molecule has 5 nitrogen and oxygen atoms in total. The Kier molecular flexibility index (Phi) is 6.51. The number of nitrogens with zero attached hydrogens (tertiary/aromatic N) is 1. The van der Waals surface area contributed by atoms with E-state index in [1.54, 1.807) is 13.8 Å². The van der Waals surface area contributed by atoms with Crippen LogP contribution in [0.1, 0.15) is 56.8 Å². The lowest BCUT2D eigenvalue weighted by Gasteiger charge is -2.29. The average molecular weight is 387 g/mol. The molecule has 0 spiro atoms. The lowest BCUT2D eigenvalue weighted by molar-refractivity contribution is 0.0910. The number of halogens is 1. The van der Waals surface area contributed by atoms with Gasteiger partial charge in [0.1, 0.15) is 0 Å². The Morgan fingerprint density at radius 1 is 1.28 bits per heavy atom. The first kappa shape index (κ1) is 20.2. The smallest absolute Gasteiger partial charge is 0.253 e. The minimum Gasteiger partial charge on any atom is -0.349 e. The summed E-state index contributed by atoms with van der Waals surface area (Å²) in [5.74, 6) is 0.100. The predicted octanol–water partition coefficient (Wildman–Crippen LogP) is 3.68. The van der Waals surface area contributed by atoms with E-state index in [0.29, 0.717) is 5.92 Å². The van der Waals surface area contributed by atoms with Crippen molar-refractivity contribution in [2.24, 2.45) is 5.92 Å². The molecular weight excluding hydrogens is 360 g/mol. The number of carbonyl (C=O) groups excluding carboxylic acids is 1. The molecule has 0 bridgehead atoms. The summed E-state index contributed by atoms with van der Waals surface area (Å²) in [6.07, 6.45) is 4.31. The van der Waals surface area contributed by atoms with Crippen molar-refractivity contribution in [1.82, 2.24) is 9.62 Å². The van der Waals surface area contributed by atoms with Crippen molar-refractivity contribution in [2.45, 2.75) is 63.4 Å². The van der Waals surface area contributed by atoms with Gasteiger partial charge < -0.3 is 5.32 Å². The number of hydrogen-bond acceptors (Lipinski definition) is 3. The lowest BCUT2D eigenvalue weighted by atomic mass is 9.86. The van der Waals surface area contributed by atoms with Gasteiger partial charge in [0, 0.05) is 19.1 Å². The zero-order valence-electron chi connectivity index (χ0n) is 15.3. The van der Waals surface area contributed by atoms with Crippen LogP contribution in [0, 0.1) is 5.92 Å². The molecule has 7 heteroatoms. The summed E-state index contributed by atoms with van der Waals surface area (Å²) < 4.78 is 26.6. The maximum atomic E-state index is 12.7. The summed E-state index contributed by atoms with van der Waals surface area (Å²) in [5, 5.41) is 3.28. The van der Waals surface area contributed by atoms with Crippen LogP contribution < -0.4 is 5.32 Å². The van der Waals surface area contributed by atoms with E-state index in [9.17, 15) is 13.2 Å². The molecule has 0 heterocycles. The van der Waals surface area contributed by atoms with Crippen molar-refractivity contribution in [1.29, 1.82) is 0 Å². The molecule has 0 saturated heterocycles. The van der Waals surface area contributed by atoms with Gasteiger partial charge in [0.2, 0.25) is 10.0 Å². The van der Waals surface area contributed by atoms with Gasteiger partial charge in [-0.2, -0.15) is 4.31 Å². The van der Waals surface area contributed by atoms with E-state index < -0.39 is 10.0 Å². The van der Waals surface area contributed by atoms with E-state index in [1.165, 1.54) is 36.0 Å². The second kappa shape index (κ2) is 8.06. The Morgan fingerprint density at radius 2 is 1.92 bits per heavy atom. The molecule has 2 rings (SSSR count). The Balaban J connectivity index is 2.28. The molecule has 1 fully saturated rings. The van der Waals surface area contributed by atoms with E-state index in [0.717, 1.165) is 19.3 Å².